The highest BCUT2D eigenvalue weighted by atomic mass is 16.2. The van der Waals surface area contributed by atoms with Crippen LogP contribution < -0.4 is 0 Å². The monoisotopic (exact) mass is 313 g/mol. The second-order valence-electron chi connectivity index (χ2n) is 6.98. The van der Waals surface area contributed by atoms with Crippen LogP contribution in [0.5, 0.6) is 0 Å². The first-order valence-electron chi connectivity index (χ1n) is 8.60. The molecule has 0 bridgehead atoms. The van der Waals surface area contributed by atoms with Crippen LogP contribution in [-0.4, -0.2) is 53.4 Å². The maximum Gasteiger partial charge on any atom is 0.236 e. The summed E-state index contributed by atoms with van der Waals surface area (Å²) in [4.78, 5) is 20.0. The van der Waals surface area contributed by atoms with Crippen LogP contribution in [0.25, 0.3) is 10.9 Å². The SMILES string of the molecule is CC(C)N(C)CC(=O)N1CCC(c2cc3ccccc3[nH]2)CC1. The van der Waals surface area contributed by atoms with Crippen LogP contribution in [0.15, 0.2) is 30.3 Å². The number of carbonyl (C=O) groups is 1. The van der Waals surface area contributed by atoms with Crippen molar-refractivity contribution in [3.05, 3.63) is 36.0 Å². The fraction of sp³-hybridized carbons (Fsp3) is 0.526. The lowest BCUT2D eigenvalue weighted by Gasteiger charge is -2.33. The number of likely N-dealkylation sites (N-methyl/N-ethyl adjacent to an activating group) is 1. The predicted octanol–water partition coefficient (Wildman–Crippen LogP) is 3.21. The van der Waals surface area contributed by atoms with Crippen molar-refractivity contribution < 1.29 is 4.79 Å². The highest BCUT2D eigenvalue weighted by Gasteiger charge is 2.25. The van der Waals surface area contributed by atoms with Gasteiger partial charge in [-0.1, -0.05) is 18.2 Å². The Hall–Kier alpha value is -1.81. The van der Waals surface area contributed by atoms with Crippen molar-refractivity contribution in [3.8, 4) is 0 Å². The maximum absolute atomic E-state index is 12.4. The van der Waals surface area contributed by atoms with Crippen molar-refractivity contribution >= 4 is 16.8 Å². The van der Waals surface area contributed by atoms with Crippen LogP contribution >= 0.6 is 0 Å². The van der Waals surface area contributed by atoms with Crippen LogP contribution in [0.3, 0.4) is 0 Å². The Balaban J connectivity index is 1.58. The lowest BCUT2D eigenvalue weighted by Crippen LogP contribution is -2.44. The molecular weight excluding hydrogens is 286 g/mol. The Morgan fingerprint density at radius 1 is 1.30 bits per heavy atom. The van der Waals surface area contributed by atoms with Crippen LogP contribution in [0.1, 0.15) is 38.3 Å². The van der Waals surface area contributed by atoms with E-state index in [-0.39, 0.29) is 5.91 Å². The zero-order chi connectivity index (χ0) is 16.4. The van der Waals surface area contributed by atoms with Gasteiger partial charge in [0.25, 0.3) is 0 Å². The van der Waals surface area contributed by atoms with E-state index < -0.39 is 0 Å². The average molecular weight is 313 g/mol. The summed E-state index contributed by atoms with van der Waals surface area (Å²) in [6, 6.07) is 11.1. The smallest absolute Gasteiger partial charge is 0.236 e. The lowest BCUT2D eigenvalue weighted by atomic mass is 9.93. The first-order valence-corrected chi connectivity index (χ1v) is 8.60. The summed E-state index contributed by atoms with van der Waals surface area (Å²) in [6.07, 6.45) is 2.09. The molecule has 4 nitrogen and oxygen atoms in total. The first-order chi connectivity index (χ1) is 11.0. The molecule has 1 amide bonds. The molecule has 4 heteroatoms. The number of aromatic nitrogens is 1. The van der Waals surface area contributed by atoms with Crippen LogP contribution in [0.2, 0.25) is 0 Å². The summed E-state index contributed by atoms with van der Waals surface area (Å²) in [5.41, 5.74) is 2.53. The number of piperidine rings is 1. The Bertz CT molecular complexity index is 635. The zero-order valence-electron chi connectivity index (χ0n) is 14.4. The van der Waals surface area contributed by atoms with Gasteiger partial charge in [-0.2, -0.15) is 0 Å². The number of rotatable bonds is 4. The number of hydrogen-bond acceptors (Lipinski definition) is 2. The van der Waals surface area contributed by atoms with Gasteiger partial charge in [-0.25, -0.2) is 0 Å². The Kier molecular flexibility index (Phi) is 4.71. The molecule has 0 radical (unpaired) electrons. The number of carbonyl (C=O) groups excluding carboxylic acids is 1. The molecule has 124 valence electrons. The molecule has 0 spiro atoms. The molecular formula is C19H27N3O. The number of amides is 1. The predicted molar refractivity (Wildman–Crippen MR) is 94.6 cm³/mol. The summed E-state index contributed by atoms with van der Waals surface area (Å²) in [6.45, 7) is 6.50. The Labute approximate surface area is 138 Å². The van der Waals surface area contributed by atoms with Gasteiger partial charge < -0.3 is 9.88 Å². The average Bonchev–Trinajstić information content (AvgIpc) is 2.98. The van der Waals surface area contributed by atoms with Crippen molar-refractivity contribution in [1.29, 1.82) is 0 Å². The van der Waals surface area contributed by atoms with Gasteiger partial charge in [-0.05, 0) is 51.3 Å². The van der Waals surface area contributed by atoms with Gasteiger partial charge in [-0.3, -0.25) is 9.69 Å². The molecule has 2 heterocycles. The van der Waals surface area contributed by atoms with Gasteiger partial charge in [0, 0.05) is 36.3 Å². The van der Waals surface area contributed by atoms with E-state index in [0.29, 0.717) is 18.5 Å². The van der Waals surface area contributed by atoms with Gasteiger partial charge in [0.2, 0.25) is 5.91 Å². The van der Waals surface area contributed by atoms with Crippen molar-refractivity contribution in [2.45, 2.75) is 38.6 Å². The number of H-pyrrole nitrogens is 1. The summed E-state index contributed by atoms with van der Waals surface area (Å²) in [5, 5.41) is 1.28. The molecule has 1 saturated heterocycles. The molecule has 0 atom stereocenters. The fourth-order valence-electron chi connectivity index (χ4n) is 3.25. The largest absolute Gasteiger partial charge is 0.358 e. The van der Waals surface area contributed by atoms with Gasteiger partial charge >= 0.3 is 0 Å². The van der Waals surface area contributed by atoms with Crippen molar-refractivity contribution in [2.24, 2.45) is 0 Å². The summed E-state index contributed by atoms with van der Waals surface area (Å²) in [7, 11) is 2.01. The standard InChI is InChI=1S/C19H27N3O/c1-14(2)21(3)13-19(23)22-10-8-15(9-11-22)18-12-16-6-4-5-7-17(16)20-18/h4-7,12,14-15,20H,8-11,13H2,1-3H3. The number of aromatic amines is 1. The minimum atomic E-state index is 0.260. The second-order valence-corrected chi connectivity index (χ2v) is 6.98. The third-order valence-electron chi connectivity index (χ3n) is 5.10. The lowest BCUT2D eigenvalue weighted by molar-refractivity contribution is -0.133. The number of fused-ring (bicyclic) bond motifs is 1. The maximum atomic E-state index is 12.4. The minimum absolute atomic E-state index is 0.260. The Morgan fingerprint density at radius 3 is 2.65 bits per heavy atom. The Morgan fingerprint density at radius 2 is 2.00 bits per heavy atom. The normalized spacial score (nSPS) is 16.7. The highest BCUT2D eigenvalue weighted by Crippen LogP contribution is 2.29. The number of nitrogens with zero attached hydrogens (tertiary/aromatic N) is 2. The van der Waals surface area contributed by atoms with E-state index in [0.717, 1.165) is 25.9 Å². The van der Waals surface area contributed by atoms with E-state index >= 15 is 0 Å². The molecule has 0 saturated carbocycles. The van der Waals surface area contributed by atoms with Gasteiger partial charge in [0.15, 0.2) is 0 Å². The number of benzene rings is 1. The third kappa shape index (κ3) is 3.58. The molecule has 3 rings (SSSR count). The highest BCUT2D eigenvalue weighted by molar-refractivity contribution is 5.80. The van der Waals surface area contributed by atoms with Gasteiger partial charge in [0.05, 0.1) is 6.54 Å². The molecule has 1 aliphatic heterocycles. The minimum Gasteiger partial charge on any atom is -0.358 e. The summed E-state index contributed by atoms with van der Waals surface area (Å²) < 4.78 is 0. The number of likely N-dealkylation sites (tertiary alicyclic amines) is 1. The molecule has 2 aromatic rings. The zero-order valence-corrected chi connectivity index (χ0v) is 14.4. The van der Waals surface area contributed by atoms with E-state index in [1.165, 1.54) is 16.6 Å². The summed E-state index contributed by atoms with van der Waals surface area (Å²) in [5.74, 6) is 0.797. The van der Waals surface area contributed by atoms with E-state index in [9.17, 15) is 4.79 Å². The van der Waals surface area contributed by atoms with Crippen molar-refractivity contribution in [2.75, 3.05) is 26.7 Å². The quantitative estimate of drug-likeness (QED) is 0.941. The molecule has 0 aliphatic carbocycles. The third-order valence-corrected chi connectivity index (χ3v) is 5.10. The van der Waals surface area contributed by atoms with Crippen molar-refractivity contribution in [3.63, 3.8) is 0 Å². The molecule has 23 heavy (non-hydrogen) atoms. The van der Waals surface area contributed by atoms with Crippen molar-refractivity contribution in [1.82, 2.24) is 14.8 Å². The molecule has 1 aliphatic rings. The molecule has 1 aromatic heterocycles. The second kappa shape index (κ2) is 6.75. The van der Waals surface area contributed by atoms with Crippen LogP contribution in [-0.2, 0) is 4.79 Å². The van der Waals surface area contributed by atoms with Gasteiger partial charge in [-0.15, -0.1) is 0 Å². The molecule has 1 N–H and O–H groups in total. The first kappa shape index (κ1) is 16.1. The fourth-order valence-corrected chi connectivity index (χ4v) is 3.25. The number of para-hydroxylation sites is 1. The molecule has 1 fully saturated rings. The van der Waals surface area contributed by atoms with Crippen LogP contribution in [0.4, 0.5) is 0 Å². The number of nitrogens with one attached hydrogen (secondary N) is 1. The van der Waals surface area contributed by atoms with E-state index in [1.54, 1.807) is 0 Å². The van der Waals surface area contributed by atoms with E-state index in [2.05, 4.69) is 54.1 Å². The topological polar surface area (TPSA) is 39.3 Å². The molecule has 0 unspecified atom stereocenters. The number of hydrogen-bond donors (Lipinski definition) is 1. The van der Waals surface area contributed by atoms with Crippen LogP contribution in [0, 0.1) is 0 Å². The van der Waals surface area contributed by atoms with E-state index in [4.69, 9.17) is 0 Å². The van der Waals surface area contributed by atoms with E-state index in [1.807, 2.05) is 11.9 Å². The molecule has 1 aromatic carbocycles. The summed E-state index contributed by atoms with van der Waals surface area (Å²) >= 11 is 0. The van der Waals surface area contributed by atoms with Gasteiger partial charge in [0.1, 0.15) is 0 Å².